The van der Waals surface area contributed by atoms with Crippen molar-refractivity contribution in [3.05, 3.63) is 70.2 Å². The first kappa shape index (κ1) is 22.7. The second-order valence-corrected chi connectivity index (χ2v) is 14.0. The average molecular weight is 490 g/mol. The maximum Gasteiger partial charge on any atom is 0.416 e. The summed E-state index contributed by atoms with van der Waals surface area (Å²) in [4.78, 5) is 27.2. The van der Waals surface area contributed by atoms with E-state index in [-0.39, 0.29) is 18.6 Å². The largest absolute Gasteiger partial charge is 0.447 e. The molecular weight excluding hydrogens is 462 g/mol. The normalized spacial score (nSPS) is 18.8. The van der Waals surface area contributed by atoms with Gasteiger partial charge in [0.15, 0.2) is 8.32 Å². The van der Waals surface area contributed by atoms with Crippen molar-refractivity contribution in [1.82, 2.24) is 4.90 Å². The van der Waals surface area contributed by atoms with Crippen LogP contribution in [0.15, 0.2) is 59.1 Å². The lowest BCUT2D eigenvalue weighted by molar-refractivity contribution is -0.136. The molecule has 1 heterocycles. The molecule has 1 aliphatic heterocycles. The first-order valence-electron chi connectivity index (χ1n) is 10.1. The standard InChI is InChI=1S/C23H28BrNO4Si/c1-16(21(29-30(2,3)4)18-11-8-12-19(24)14-18)22(26)25-20(15-28-23(25)27)13-17-9-6-5-7-10-17/h5-12,14,16,20-21H,13,15H2,1-4H3/t16-,20+,21+/m0/s1. The Morgan fingerprint density at radius 2 is 1.90 bits per heavy atom. The number of carbonyl (C=O) groups excluding carboxylic acids is 2. The second-order valence-electron chi connectivity index (χ2n) is 8.62. The van der Waals surface area contributed by atoms with Crippen molar-refractivity contribution in [2.75, 3.05) is 6.61 Å². The molecule has 0 saturated carbocycles. The van der Waals surface area contributed by atoms with Crippen molar-refractivity contribution < 1.29 is 18.8 Å². The van der Waals surface area contributed by atoms with E-state index >= 15 is 0 Å². The predicted octanol–water partition coefficient (Wildman–Crippen LogP) is 5.57. The van der Waals surface area contributed by atoms with E-state index < -0.39 is 26.4 Å². The molecule has 2 aromatic carbocycles. The summed E-state index contributed by atoms with van der Waals surface area (Å²) in [5.74, 6) is -0.795. The van der Waals surface area contributed by atoms with E-state index in [9.17, 15) is 9.59 Å². The highest BCUT2D eigenvalue weighted by Gasteiger charge is 2.42. The Hall–Kier alpha value is -1.96. The minimum atomic E-state index is -1.97. The van der Waals surface area contributed by atoms with Crippen molar-refractivity contribution in [2.45, 2.75) is 45.1 Å². The Bertz CT molecular complexity index is 900. The third-order valence-corrected chi connectivity index (χ3v) is 6.47. The fraction of sp³-hybridized carbons (Fsp3) is 0.391. The van der Waals surface area contributed by atoms with Gasteiger partial charge >= 0.3 is 6.09 Å². The van der Waals surface area contributed by atoms with Gasteiger partial charge in [0.1, 0.15) is 6.61 Å². The number of hydrogen-bond acceptors (Lipinski definition) is 4. The average Bonchev–Trinajstić information content (AvgIpc) is 3.05. The summed E-state index contributed by atoms with van der Waals surface area (Å²) in [5.41, 5.74) is 1.98. The van der Waals surface area contributed by atoms with Crippen LogP contribution >= 0.6 is 15.9 Å². The Labute approximate surface area is 187 Å². The Morgan fingerprint density at radius 3 is 2.53 bits per heavy atom. The number of hydrogen-bond donors (Lipinski definition) is 0. The highest BCUT2D eigenvalue weighted by Crippen LogP contribution is 2.33. The topological polar surface area (TPSA) is 55.8 Å². The molecule has 3 rings (SSSR count). The van der Waals surface area contributed by atoms with E-state index in [1.165, 1.54) is 4.90 Å². The van der Waals surface area contributed by atoms with Gasteiger partial charge in [-0.2, -0.15) is 0 Å². The minimum Gasteiger partial charge on any atom is -0.447 e. The highest BCUT2D eigenvalue weighted by molar-refractivity contribution is 9.10. The van der Waals surface area contributed by atoms with Gasteiger partial charge in [0.25, 0.3) is 0 Å². The van der Waals surface area contributed by atoms with Crippen LogP contribution in [0.5, 0.6) is 0 Å². The van der Waals surface area contributed by atoms with Gasteiger partial charge < -0.3 is 9.16 Å². The number of halogens is 1. The second kappa shape index (κ2) is 9.45. The van der Waals surface area contributed by atoms with Gasteiger partial charge in [-0.1, -0.05) is 65.3 Å². The Balaban J connectivity index is 1.86. The first-order chi connectivity index (χ1) is 14.2. The highest BCUT2D eigenvalue weighted by atomic mass is 79.9. The maximum absolute atomic E-state index is 13.5. The lowest BCUT2D eigenvalue weighted by Crippen LogP contribution is -2.45. The number of ether oxygens (including phenoxy) is 1. The number of amides is 2. The molecule has 7 heteroatoms. The van der Waals surface area contributed by atoms with Crippen LogP contribution in [-0.4, -0.2) is 37.9 Å². The first-order valence-corrected chi connectivity index (χ1v) is 14.3. The monoisotopic (exact) mass is 489 g/mol. The van der Waals surface area contributed by atoms with Crippen LogP contribution < -0.4 is 0 Å². The zero-order valence-corrected chi connectivity index (χ0v) is 20.4. The van der Waals surface area contributed by atoms with Crippen LogP contribution in [0, 0.1) is 5.92 Å². The molecule has 2 amide bonds. The fourth-order valence-corrected chi connectivity index (χ4v) is 5.16. The maximum atomic E-state index is 13.5. The van der Waals surface area contributed by atoms with Crippen LogP contribution in [0.2, 0.25) is 19.6 Å². The zero-order valence-electron chi connectivity index (χ0n) is 17.8. The lowest BCUT2D eigenvalue weighted by Gasteiger charge is -2.33. The molecule has 0 aromatic heterocycles. The fourth-order valence-electron chi connectivity index (χ4n) is 3.64. The molecule has 0 spiro atoms. The summed E-state index contributed by atoms with van der Waals surface area (Å²) in [5, 5.41) is 0. The SMILES string of the molecule is C[C@H](C(=O)N1C(=O)OC[C@H]1Cc1ccccc1)[C@@H](O[Si](C)(C)C)c1cccc(Br)c1. The molecule has 2 aromatic rings. The van der Waals surface area contributed by atoms with Gasteiger partial charge in [0.05, 0.1) is 18.1 Å². The van der Waals surface area contributed by atoms with Crippen LogP contribution in [0.1, 0.15) is 24.2 Å². The molecule has 30 heavy (non-hydrogen) atoms. The van der Waals surface area contributed by atoms with Crippen molar-refractivity contribution in [3.63, 3.8) is 0 Å². The zero-order chi connectivity index (χ0) is 21.9. The molecule has 3 atom stereocenters. The quantitative estimate of drug-likeness (QED) is 0.477. The third kappa shape index (κ3) is 5.59. The third-order valence-electron chi connectivity index (χ3n) is 5.01. The molecule has 0 N–H and O–H groups in total. The number of cyclic esters (lactones) is 1. The van der Waals surface area contributed by atoms with Gasteiger partial charge in [0.2, 0.25) is 5.91 Å². The number of benzene rings is 2. The van der Waals surface area contributed by atoms with E-state index in [1.54, 1.807) is 0 Å². The van der Waals surface area contributed by atoms with Crippen LogP contribution in [-0.2, 0) is 20.4 Å². The van der Waals surface area contributed by atoms with Gasteiger partial charge in [-0.05, 0) is 49.3 Å². The van der Waals surface area contributed by atoms with E-state index in [2.05, 4.69) is 35.6 Å². The van der Waals surface area contributed by atoms with E-state index in [0.29, 0.717) is 6.42 Å². The summed E-state index contributed by atoms with van der Waals surface area (Å²) in [6.07, 6.45) is -0.442. The molecule has 1 saturated heterocycles. The lowest BCUT2D eigenvalue weighted by atomic mass is 9.95. The molecule has 0 bridgehead atoms. The van der Waals surface area contributed by atoms with Crippen LogP contribution in [0.4, 0.5) is 4.79 Å². The number of imide groups is 1. The summed E-state index contributed by atoms with van der Waals surface area (Å²) in [7, 11) is -1.97. The van der Waals surface area contributed by atoms with Crippen molar-refractivity contribution in [1.29, 1.82) is 0 Å². The van der Waals surface area contributed by atoms with E-state index in [1.807, 2.05) is 61.5 Å². The van der Waals surface area contributed by atoms with E-state index in [0.717, 1.165) is 15.6 Å². The van der Waals surface area contributed by atoms with Crippen molar-refractivity contribution in [3.8, 4) is 0 Å². The molecular formula is C23H28BrNO4Si. The Morgan fingerprint density at radius 1 is 1.20 bits per heavy atom. The van der Waals surface area contributed by atoms with Crippen LogP contribution in [0.25, 0.3) is 0 Å². The summed E-state index contributed by atoms with van der Waals surface area (Å²) in [6.45, 7) is 8.33. The number of nitrogens with zero attached hydrogens (tertiary/aromatic N) is 1. The molecule has 0 aliphatic carbocycles. The van der Waals surface area contributed by atoms with Crippen molar-refractivity contribution in [2.24, 2.45) is 5.92 Å². The molecule has 5 nitrogen and oxygen atoms in total. The van der Waals surface area contributed by atoms with E-state index in [4.69, 9.17) is 9.16 Å². The van der Waals surface area contributed by atoms with Gasteiger partial charge in [-0.15, -0.1) is 0 Å². The molecule has 1 aliphatic rings. The molecule has 0 radical (unpaired) electrons. The summed E-state index contributed by atoms with van der Waals surface area (Å²) >= 11 is 3.51. The summed E-state index contributed by atoms with van der Waals surface area (Å²) in [6, 6.07) is 17.3. The molecule has 0 unspecified atom stereocenters. The van der Waals surface area contributed by atoms with Gasteiger partial charge in [-0.3, -0.25) is 4.79 Å². The van der Waals surface area contributed by atoms with Gasteiger partial charge in [0, 0.05) is 4.47 Å². The molecule has 1 fully saturated rings. The van der Waals surface area contributed by atoms with Crippen LogP contribution in [0.3, 0.4) is 0 Å². The predicted molar refractivity (Wildman–Crippen MR) is 123 cm³/mol. The van der Waals surface area contributed by atoms with Crippen molar-refractivity contribution >= 4 is 36.2 Å². The summed E-state index contributed by atoms with van der Waals surface area (Å²) < 4.78 is 12.6. The van der Waals surface area contributed by atoms with Gasteiger partial charge in [-0.25, -0.2) is 9.69 Å². The number of carbonyl (C=O) groups is 2. The smallest absolute Gasteiger partial charge is 0.416 e. The minimum absolute atomic E-state index is 0.211. The number of rotatable bonds is 7. The molecule has 160 valence electrons. The Kier molecular flexibility index (Phi) is 7.16.